The second-order valence-electron chi connectivity index (χ2n) is 5.91. The molecule has 2 aliphatic carbocycles. The first-order valence-electron chi connectivity index (χ1n) is 7.30. The average molecular weight is 298 g/mol. The second-order valence-corrected chi connectivity index (χ2v) is 7.56. The number of nitrogens with one attached hydrogen (secondary N) is 3. The summed E-state index contributed by atoms with van der Waals surface area (Å²) in [6, 6.07) is 0.631. The van der Waals surface area contributed by atoms with Gasteiger partial charge in [0.1, 0.15) is 4.90 Å². The summed E-state index contributed by atoms with van der Waals surface area (Å²) in [6.07, 6.45) is 4.31. The van der Waals surface area contributed by atoms with Gasteiger partial charge in [-0.2, -0.15) is 5.10 Å². The van der Waals surface area contributed by atoms with Crippen LogP contribution in [0.5, 0.6) is 0 Å². The van der Waals surface area contributed by atoms with Crippen molar-refractivity contribution in [3.63, 3.8) is 0 Å². The first kappa shape index (κ1) is 14.0. The lowest BCUT2D eigenvalue weighted by atomic mass is 10.3. The Labute approximate surface area is 119 Å². The van der Waals surface area contributed by atoms with Gasteiger partial charge in [0.05, 0.1) is 11.4 Å². The van der Waals surface area contributed by atoms with Gasteiger partial charge in [0.2, 0.25) is 10.0 Å². The van der Waals surface area contributed by atoms with E-state index < -0.39 is 10.0 Å². The molecule has 3 N–H and O–H groups in total. The molecule has 3 rings (SSSR count). The van der Waals surface area contributed by atoms with Crippen LogP contribution in [0.2, 0.25) is 0 Å². The van der Waals surface area contributed by atoms with Gasteiger partial charge in [-0.25, -0.2) is 13.1 Å². The number of rotatable bonds is 7. The predicted molar refractivity (Wildman–Crippen MR) is 75.7 cm³/mol. The molecule has 0 bridgehead atoms. The van der Waals surface area contributed by atoms with Crippen molar-refractivity contribution in [2.24, 2.45) is 5.92 Å². The van der Waals surface area contributed by atoms with Gasteiger partial charge in [-0.3, -0.25) is 5.10 Å². The minimum absolute atomic E-state index is 0.101. The molecular weight excluding hydrogens is 276 g/mol. The number of H-pyrrole nitrogens is 1. The van der Waals surface area contributed by atoms with Gasteiger partial charge in [-0.05, 0) is 32.1 Å². The van der Waals surface area contributed by atoms with Crippen molar-refractivity contribution >= 4 is 10.0 Å². The van der Waals surface area contributed by atoms with Gasteiger partial charge in [-0.1, -0.05) is 13.3 Å². The maximum Gasteiger partial charge on any atom is 0.244 e. The zero-order valence-corrected chi connectivity index (χ0v) is 12.8. The van der Waals surface area contributed by atoms with E-state index in [9.17, 15) is 8.42 Å². The normalized spacial score (nSPS) is 25.9. The lowest BCUT2D eigenvalue weighted by Gasteiger charge is -2.08. The minimum Gasteiger partial charge on any atom is -0.308 e. The molecular formula is C13H22N4O2S. The highest BCUT2D eigenvalue weighted by Crippen LogP contribution is 2.35. The Balaban J connectivity index is 1.75. The molecule has 20 heavy (non-hydrogen) atoms. The smallest absolute Gasteiger partial charge is 0.244 e. The van der Waals surface area contributed by atoms with Crippen molar-refractivity contribution in [1.29, 1.82) is 0 Å². The molecule has 112 valence electrons. The molecule has 2 unspecified atom stereocenters. The van der Waals surface area contributed by atoms with Crippen LogP contribution in [0.1, 0.15) is 44.0 Å². The molecule has 2 aliphatic rings. The summed E-state index contributed by atoms with van der Waals surface area (Å²) in [4.78, 5) is 0.326. The van der Waals surface area contributed by atoms with Crippen LogP contribution in [0, 0.1) is 12.8 Å². The maximum atomic E-state index is 12.5. The molecule has 0 radical (unpaired) electrons. The highest BCUT2D eigenvalue weighted by molar-refractivity contribution is 7.89. The number of sulfonamides is 1. The number of hydrogen-bond acceptors (Lipinski definition) is 4. The third-order valence-electron chi connectivity index (χ3n) is 4.12. The summed E-state index contributed by atoms with van der Waals surface area (Å²) in [6.45, 7) is 4.35. The van der Waals surface area contributed by atoms with Crippen molar-refractivity contribution in [3.8, 4) is 0 Å². The van der Waals surface area contributed by atoms with E-state index in [1.54, 1.807) is 6.92 Å². The molecule has 7 heteroatoms. The van der Waals surface area contributed by atoms with Crippen LogP contribution in [0.15, 0.2) is 4.90 Å². The summed E-state index contributed by atoms with van der Waals surface area (Å²) in [5.74, 6) is 0.491. The SMILES string of the molecule is CCC1CC1NS(=O)(=O)c1c(CNC2CC2)n[nH]c1C. The fraction of sp³-hybridized carbons (Fsp3) is 0.769. The van der Waals surface area contributed by atoms with Crippen molar-refractivity contribution in [2.75, 3.05) is 0 Å². The molecule has 0 saturated heterocycles. The third kappa shape index (κ3) is 2.89. The maximum absolute atomic E-state index is 12.5. The first-order valence-corrected chi connectivity index (χ1v) is 8.79. The van der Waals surface area contributed by atoms with Crippen LogP contribution in [-0.2, 0) is 16.6 Å². The quantitative estimate of drug-likeness (QED) is 0.702. The van der Waals surface area contributed by atoms with Gasteiger partial charge in [-0.15, -0.1) is 0 Å². The molecule has 2 atom stereocenters. The fourth-order valence-electron chi connectivity index (χ4n) is 2.58. The minimum atomic E-state index is -3.47. The van der Waals surface area contributed by atoms with Crippen LogP contribution in [0.3, 0.4) is 0 Å². The standard InChI is InChI=1S/C13H22N4O2S/c1-3-9-6-11(9)17-20(18,19)13-8(2)15-16-12(13)7-14-10-4-5-10/h9-11,14,17H,3-7H2,1-2H3,(H,15,16). The average Bonchev–Trinajstić information content (AvgIpc) is 3.28. The van der Waals surface area contributed by atoms with E-state index >= 15 is 0 Å². The van der Waals surface area contributed by atoms with Crippen LogP contribution in [-0.4, -0.2) is 30.7 Å². The van der Waals surface area contributed by atoms with Gasteiger partial charge >= 0.3 is 0 Å². The molecule has 1 aromatic rings. The second kappa shape index (κ2) is 5.13. The van der Waals surface area contributed by atoms with Gasteiger partial charge in [0, 0.05) is 18.6 Å². The van der Waals surface area contributed by atoms with Crippen LogP contribution < -0.4 is 10.0 Å². The fourth-order valence-corrected chi connectivity index (χ4v) is 4.26. The van der Waals surface area contributed by atoms with Gasteiger partial charge in [0.15, 0.2) is 0 Å². The number of aromatic amines is 1. The summed E-state index contributed by atoms with van der Waals surface area (Å²) < 4.78 is 27.8. The number of hydrogen-bond donors (Lipinski definition) is 3. The summed E-state index contributed by atoms with van der Waals surface area (Å²) >= 11 is 0. The summed E-state index contributed by atoms with van der Waals surface area (Å²) in [5, 5.41) is 10.3. The molecule has 2 fully saturated rings. The zero-order valence-electron chi connectivity index (χ0n) is 11.9. The molecule has 1 heterocycles. The number of aryl methyl sites for hydroxylation is 1. The molecule has 6 nitrogen and oxygen atoms in total. The van der Waals surface area contributed by atoms with E-state index in [-0.39, 0.29) is 6.04 Å². The number of aromatic nitrogens is 2. The number of nitrogens with zero attached hydrogens (tertiary/aromatic N) is 1. The topological polar surface area (TPSA) is 86.9 Å². The largest absolute Gasteiger partial charge is 0.308 e. The lowest BCUT2D eigenvalue weighted by Crippen LogP contribution is -2.29. The monoisotopic (exact) mass is 298 g/mol. The lowest BCUT2D eigenvalue weighted by molar-refractivity contribution is 0.572. The van der Waals surface area contributed by atoms with E-state index in [2.05, 4.69) is 27.2 Å². The van der Waals surface area contributed by atoms with E-state index in [0.717, 1.165) is 12.8 Å². The van der Waals surface area contributed by atoms with Crippen LogP contribution in [0.25, 0.3) is 0 Å². The first-order chi connectivity index (χ1) is 9.51. The Morgan fingerprint density at radius 1 is 1.40 bits per heavy atom. The zero-order chi connectivity index (χ0) is 14.3. The van der Waals surface area contributed by atoms with E-state index in [1.165, 1.54) is 12.8 Å². The Hall–Kier alpha value is -0.920. The van der Waals surface area contributed by atoms with Crippen molar-refractivity contribution < 1.29 is 8.42 Å². The highest BCUT2D eigenvalue weighted by Gasteiger charge is 2.40. The third-order valence-corrected chi connectivity index (χ3v) is 5.81. The van der Waals surface area contributed by atoms with Crippen molar-refractivity contribution in [3.05, 3.63) is 11.4 Å². The van der Waals surface area contributed by atoms with Crippen molar-refractivity contribution in [2.45, 2.75) is 63.1 Å². The predicted octanol–water partition coefficient (Wildman–Crippen LogP) is 1.05. The molecule has 0 amide bonds. The molecule has 0 spiro atoms. The van der Waals surface area contributed by atoms with Crippen molar-refractivity contribution in [1.82, 2.24) is 20.2 Å². The Morgan fingerprint density at radius 3 is 2.75 bits per heavy atom. The Kier molecular flexibility index (Phi) is 3.60. The summed E-state index contributed by atoms with van der Waals surface area (Å²) in [5.41, 5.74) is 1.20. The highest BCUT2D eigenvalue weighted by atomic mass is 32.2. The summed E-state index contributed by atoms with van der Waals surface area (Å²) in [7, 11) is -3.47. The van der Waals surface area contributed by atoms with E-state index in [0.29, 0.717) is 34.8 Å². The molecule has 2 saturated carbocycles. The molecule has 0 aliphatic heterocycles. The van der Waals surface area contributed by atoms with Crippen LogP contribution in [0.4, 0.5) is 0 Å². The van der Waals surface area contributed by atoms with Gasteiger partial charge < -0.3 is 5.32 Å². The van der Waals surface area contributed by atoms with Gasteiger partial charge in [0.25, 0.3) is 0 Å². The molecule has 1 aromatic heterocycles. The van der Waals surface area contributed by atoms with Crippen LogP contribution >= 0.6 is 0 Å². The van der Waals surface area contributed by atoms with E-state index in [4.69, 9.17) is 0 Å². The Bertz CT molecular complexity index is 592. The molecule has 0 aromatic carbocycles. The Morgan fingerprint density at radius 2 is 2.15 bits per heavy atom. The van der Waals surface area contributed by atoms with E-state index in [1.807, 2.05) is 0 Å².